The van der Waals surface area contributed by atoms with E-state index in [1.807, 2.05) is 48.5 Å². The van der Waals surface area contributed by atoms with Crippen LogP contribution in [0.15, 0.2) is 48.5 Å². The molecule has 6 heteroatoms. The maximum atomic E-state index is 6.07. The first-order valence-electron chi connectivity index (χ1n) is 5.98. The van der Waals surface area contributed by atoms with Crippen LogP contribution in [0.25, 0.3) is 11.4 Å². The number of ether oxygens (including phenoxy) is 1. The molecular weight excluding hydrogens is 276 g/mol. The summed E-state index contributed by atoms with van der Waals surface area (Å²) >= 11 is 6.07. The Bertz CT molecular complexity index is 683. The van der Waals surface area contributed by atoms with Crippen LogP contribution in [-0.4, -0.2) is 15.5 Å². The van der Waals surface area contributed by atoms with Gasteiger partial charge in [-0.1, -0.05) is 41.9 Å². The molecule has 0 amide bonds. The minimum atomic E-state index is 0.426. The Morgan fingerprint density at radius 3 is 2.55 bits per heavy atom. The highest BCUT2D eigenvalue weighted by atomic mass is 35.5. The van der Waals surface area contributed by atoms with Crippen molar-refractivity contribution in [3.63, 3.8) is 0 Å². The SMILES string of the molecule is Clc1ccccc1COc1ccc(-c2nnn[n-]2)cc1. The third-order valence-corrected chi connectivity index (χ3v) is 3.15. The number of rotatable bonds is 4. The Morgan fingerprint density at radius 1 is 1.05 bits per heavy atom. The first kappa shape index (κ1) is 12.6. The Morgan fingerprint density at radius 2 is 1.85 bits per heavy atom. The molecule has 0 fully saturated rings. The Labute approximate surface area is 120 Å². The van der Waals surface area contributed by atoms with Crippen molar-refractivity contribution in [1.82, 2.24) is 20.6 Å². The monoisotopic (exact) mass is 285 g/mol. The third-order valence-electron chi connectivity index (χ3n) is 2.78. The van der Waals surface area contributed by atoms with E-state index in [0.29, 0.717) is 17.5 Å². The van der Waals surface area contributed by atoms with E-state index >= 15 is 0 Å². The van der Waals surface area contributed by atoms with Crippen molar-refractivity contribution in [2.45, 2.75) is 6.61 Å². The largest absolute Gasteiger partial charge is 0.489 e. The zero-order valence-electron chi connectivity index (χ0n) is 10.4. The van der Waals surface area contributed by atoms with Crippen LogP contribution >= 0.6 is 11.6 Å². The summed E-state index contributed by atoms with van der Waals surface area (Å²) in [6.07, 6.45) is 0. The number of hydrogen-bond acceptors (Lipinski definition) is 4. The molecule has 0 aliphatic rings. The summed E-state index contributed by atoms with van der Waals surface area (Å²) < 4.78 is 5.69. The van der Waals surface area contributed by atoms with Crippen molar-refractivity contribution in [2.24, 2.45) is 0 Å². The molecule has 0 aliphatic heterocycles. The molecular formula is C14H10ClN4O-. The van der Waals surface area contributed by atoms with Crippen LogP contribution in [0.1, 0.15) is 5.56 Å². The molecule has 0 N–H and O–H groups in total. The summed E-state index contributed by atoms with van der Waals surface area (Å²) in [5, 5.41) is 15.2. The fourth-order valence-corrected chi connectivity index (χ4v) is 1.93. The first-order valence-corrected chi connectivity index (χ1v) is 6.36. The lowest BCUT2D eigenvalue weighted by Gasteiger charge is -2.08. The normalized spacial score (nSPS) is 10.4. The predicted octanol–water partition coefficient (Wildman–Crippen LogP) is 2.73. The number of halogens is 1. The van der Waals surface area contributed by atoms with Gasteiger partial charge in [-0.25, -0.2) is 0 Å². The minimum Gasteiger partial charge on any atom is -0.489 e. The van der Waals surface area contributed by atoms with Gasteiger partial charge in [-0.3, -0.25) is 10.3 Å². The Balaban J connectivity index is 1.68. The molecule has 0 aliphatic carbocycles. The molecule has 1 aromatic heterocycles. The van der Waals surface area contributed by atoms with Crippen LogP contribution in [0.2, 0.25) is 5.02 Å². The molecule has 0 radical (unpaired) electrons. The molecule has 0 bridgehead atoms. The minimum absolute atomic E-state index is 0.426. The van der Waals surface area contributed by atoms with E-state index in [1.165, 1.54) is 0 Å². The number of tetrazole rings is 1. The molecule has 2 aromatic carbocycles. The molecule has 1 heterocycles. The molecule has 20 heavy (non-hydrogen) atoms. The second-order valence-electron chi connectivity index (χ2n) is 4.11. The van der Waals surface area contributed by atoms with Gasteiger partial charge in [-0.15, -0.1) is 0 Å². The second-order valence-corrected chi connectivity index (χ2v) is 4.51. The predicted molar refractivity (Wildman–Crippen MR) is 74.4 cm³/mol. The van der Waals surface area contributed by atoms with E-state index in [9.17, 15) is 0 Å². The summed E-state index contributed by atoms with van der Waals surface area (Å²) in [4.78, 5) is 0. The molecule has 0 saturated heterocycles. The quantitative estimate of drug-likeness (QED) is 0.737. The van der Waals surface area contributed by atoms with Gasteiger partial charge in [-0.05, 0) is 23.8 Å². The number of benzene rings is 2. The van der Waals surface area contributed by atoms with Gasteiger partial charge in [0.1, 0.15) is 12.4 Å². The Kier molecular flexibility index (Phi) is 3.60. The molecule has 5 nitrogen and oxygen atoms in total. The van der Waals surface area contributed by atoms with Crippen LogP contribution in [0.3, 0.4) is 0 Å². The van der Waals surface area contributed by atoms with Crippen LogP contribution < -0.4 is 9.84 Å². The van der Waals surface area contributed by atoms with Gasteiger partial charge in [0, 0.05) is 16.4 Å². The lowest BCUT2D eigenvalue weighted by molar-refractivity contribution is 0.306. The molecule has 0 saturated carbocycles. The van der Waals surface area contributed by atoms with Crippen LogP contribution in [0.4, 0.5) is 0 Å². The van der Waals surface area contributed by atoms with Crippen LogP contribution in [0, 0.1) is 0 Å². The fraction of sp³-hybridized carbons (Fsp3) is 0.0714. The summed E-state index contributed by atoms with van der Waals surface area (Å²) in [6, 6.07) is 15.0. The van der Waals surface area contributed by atoms with Gasteiger partial charge < -0.3 is 9.84 Å². The van der Waals surface area contributed by atoms with Crippen molar-refractivity contribution >= 4 is 11.6 Å². The highest BCUT2D eigenvalue weighted by Gasteiger charge is 2.01. The fourth-order valence-electron chi connectivity index (χ4n) is 1.74. The highest BCUT2D eigenvalue weighted by molar-refractivity contribution is 6.31. The van der Waals surface area contributed by atoms with Crippen molar-refractivity contribution in [3.05, 3.63) is 59.1 Å². The van der Waals surface area contributed by atoms with Crippen LogP contribution in [-0.2, 0) is 6.61 Å². The van der Waals surface area contributed by atoms with Gasteiger partial charge in [0.05, 0.1) is 0 Å². The lowest BCUT2D eigenvalue weighted by Crippen LogP contribution is -1.96. The topological polar surface area (TPSA) is 62.0 Å². The lowest BCUT2D eigenvalue weighted by atomic mass is 10.2. The standard InChI is InChI=1S/C14H10ClN4O/c15-13-4-2-1-3-11(13)9-20-12-7-5-10(6-8-12)14-16-18-19-17-14/h1-8H,9H2/q-1. The maximum absolute atomic E-state index is 6.07. The summed E-state index contributed by atoms with van der Waals surface area (Å²) in [5.74, 6) is 1.25. The third kappa shape index (κ3) is 2.78. The van der Waals surface area contributed by atoms with Gasteiger partial charge >= 0.3 is 0 Å². The Hall–Kier alpha value is -2.40. The average molecular weight is 286 g/mol. The second kappa shape index (κ2) is 5.71. The molecule has 0 atom stereocenters. The molecule has 3 aromatic rings. The van der Waals surface area contributed by atoms with Crippen LogP contribution in [0.5, 0.6) is 5.75 Å². The summed E-state index contributed by atoms with van der Waals surface area (Å²) in [5.41, 5.74) is 1.80. The summed E-state index contributed by atoms with van der Waals surface area (Å²) in [6.45, 7) is 0.426. The number of aromatic nitrogens is 4. The van der Waals surface area contributed by atoms with Crippen molar-refractivity contribution in [2.75, 3.05) is 0 Å². The van der Waals surface area contributed by atoms with E-state index in [-0.39, 0.29) is 0 Å². The van der Waals surface area contributed by atoms with E-state index in [4.69, 9.17) is 16.3 Å². The highest BCUT2D eigenvalue weighted by Crippen LogP contribution is 2.21. The van der Waals surface area contributed by atoms with Gasteiger partial charge in [0.2, 0.25) is 0 Å². The van der Waals surface area contributed by atoms with E-state index in [2.05, 4.69) is 20.6 Å². The molecule has 3 rings (SSSR count). The zero-order chi connectivity index (χ0) is 13.8. The summed E-state index contributed by atoms with van der Waals surface area (Å²) in [7, 11) is 0. The van der Waals surface area contributed by atoms with E-state index in [0.717, 1.165) is 16.9 Å². The van der Waals surface area contributed by atoms with E-state index in [1.54, 1.807) is 0 Å². The van der Waals surface area contributed by atoms with E-state index < -0.39 is 0 Å². The molecule has 0 spiro atoms. The number of nitrogens with zero attached hydrogens (tertiary/aromatic N) is 4. The smallest absolute Gasteiger partial charge is 0.119 e. The number of hydrogen-bond donors (Lipinski definition) is 0. The first-order chi connectivity index (χ1) is 9.83. The molecule has 100 valence electrons. The van der Waals surface area contributed by atoms with Crippen molar-refractivity contribution in [1.29, 1.82) is 0 Å². The van der Waals surface area contributed by atoms with Crippen molar-refractivity contribution in [3.8, 4) is 17.1 Å². The average Bonchev–Trinajstić information content (AvgIpc) is 3.01. The molecule has 0 unspecified atom stereocenters. The zero-order valence-corrected chi connectivity index (χ0v) is 11.2. The maximum Gasteiger partial charge on any atom is 0.119 e. The van der Waals surface area contributed by atoms with Gasteiger partial charge in [0.25, 0.3) is 0 Å². The van der Waals surface area contributed by atoms with Crippen molar-refractivity contribution < 1.29 is 4.74 Å². The van der Waals surface area contributed by atoms with Gasteiger partial charge in [0.15, 0.2) is 0 Å². The van der Waals surface area contributed by atoms with Gasteiger partial charge in [-0.2, -0.15) is 5.21 Å².